The fraction of sp³-hybridized carbons (Fsp3) is 0.538. The van der Waals surface area contributed by atoms with E-state index in [-0.39, 0.29) is 32.0 Å². The van der Waals surface area contributed by atoms with Gasteiger partial charge in [0, 0.05) is 38.0 Å². The van der Waals surface area contributed by atoms with Crippen molar-refractivity contribution in [3.8, 4) is 0 Å². The molecule has 2 aromatic rings. The number of carbonyl (C=O) groups is 5. The Bertz CT molecular complexity index is 1180. The number of carbonyl (C=O) groups excluding carboxylic acids is 5. The molecule has 1 unspecified atom stereocenters. The number of quaternary nitrogens is 1. The Balaban J connectivity index is 1.55. The molecule has 3 N–H and O–H groups in total. The highest BCUT2D eigenvalue weighted by atomic mass is 16.7. The maximum Gasteiger partial charge on any atom is 0.424 e. The molecule has 3 atom stereocenters. The number of pyridine rings is 1. The summed E-state index contributed by atoms with van der Waals surface area (Å²) in [6.45, 7) is 0.308. The number of aromatic nitrogens is 2. The van der Waals surface area contributed by atoms with Crippen LogP contribution < -0.4 is 11.1 Å². The van der Waals surface area contributed by atoms with Gasteiger partial charge in [-0.3, -0.25) is 14.4 Å². The predicted octanol–water partition coefficient (Wildman–Crippen LogP) is 1.32. The van der Waals surface area contributed by atoms with Gasteiger partial charge in [0.05, 0.1) is 19.0 Å². The number of imide groups is 1. The van der Waals surface area contributed by atoms with Crippen molar-refractivity contribution in [3.63, 3.8) is 0 Å². The van der Waals surface area contributed by atoms with Gasteiger partial charge in [0.1, 0.15) is 5.65 Å². The number of fused-ring (bicyclic) bond motifs is 1. The lowest BCUT2D eigenvalue weighted by Crippen LogP contribution is -2.68. The Hall–Kier alpha value is -3.80. The average molecular weight is 528 g/mol. The van der Waals surface area contributed by atoms with Gasteiger partial charge in [-0.05, 0) is 30.4 Å². The molecule has 12 nitrogen and oxygen atoms in total. The van der Waals surface area contributed by atoms with E-state index in [1.807, 2.05) is 28.9 Å². The Kier molecular flexibility index (Phi) is 8.72. The third-order valence-corrected chi connectivity index (χ3v) is 7.88. The van der Waals surface area contributed by atoms with Crippen molar-refractivity contribution in [2.75, 3.05) is 19.6 Å². The molecule has 5 amide bonds. The van der Waals surface area contributed by atoms with Crippen LogP contribution in [0.4, 0.5) is 4.79 Å². The number of likely N-dealkylation sites (tertiary alicyclic amines) is 1. The van der Waals surface area contributed by atoms with E-state index in [1.54, 1.807) is 6.20 Å². The summed E-state index contributed by atoms with van der Waals surface area (Å²) >= 11 is 0. The van der Waals surface area contributed by atoms with E-state index >= 15 is 0 Å². The first kappa shape index (κ1) is 27.2. The average Bonchev–Trinajstić information content (AvgIpc) is 3.68. The first-order valence-electron chi connectivity index (χ1n) is 13.1. The van der Waals surface area contributed by atoms with Gasteiger partial charge >= 0.3 is 18.4 Å². The number of hydrogen-bond donors (Lipinski definition) is 2. The molecule has 1 saturated heterocycles. The second-order valence-corrected chi connectivity index (χ2v) is 10.2. The Labute approximate surface area is 220 Å². The zero-order valence-corrected chi connectivity index (χ0v) is 21.4. The van der Waals surface area contributed by atoms with Crippen molar-refractivity contribution in [2.45, 2.75) is 57.4 Å². The molecule has 4 rings (SSSR count). The molecule has 0 radical (unpaired) electrons. The minimum Gasteiger partial charge on any atom is -0.364 e. The van der Waals surface area contributed by atoms with Crippen molar-refractivity contribution in [2.24, 2.45) is 17.6 Å². The van der Waals surface area contributed by atoms with Crippen LogP contribution in [0.3, 0.4) is 0 Å². The van der Waals surface area contributed by atoms with Gasteiger partial charge in [-0.25, -0.2) is 14.6 Å². The van der Waals surface area contributed by atoms with Gasteiger partial charge in [0.15, 0.2) is 6.04 Å². The molecule has 0 aromatic carbocycles. The molecule has 38 heavy (non-hydrogen) atoms. The van der Waals surface area contributed by atoms with E-state index in [0.29, 0.717) is 32.1 Å². The van der Waals surface area contributed by atoms with Crippen LogP contribution in [-0.4, -0.2) is 75.3 Å². The fourth-order valence-corrected chi connectivity index (χ4v) is 6.06. The maximum absolute atomic E-state index is 14.2. The second-order valence-electron chi connectivity index (χ2n) is 10.2. The second kappa shape index (κ2) is 12.2. The minimum atomic E-state index is -1.01. The number of hydrogen-bond acceptors (Lipinski definition) is 7. The first-order chi connectivity index (χ1) is 18.4. The van der Waals surface area contributed by atoms with E-state index in [1.165, 1.54) is 0 Å². The third-order valence-electron chi connectivity index (χ3n) is 7.88. The fourth-order valence-electron chi connectivity index (χ4n) is 6.06. The van der Waals surface area contributed by atoms with Crippen molar-refractivity contribution in [1.29, 1.82) is 0 Å². The molecule has 3 heterocycles. The van der Waals surface area contributed by atoms with Gasteiger partial charge < -0.3 is 20.3 Å². The summed E-state index contributed by atoms with van der Waals surface area (Å²) in [4.78, 5) is 71.8. The minimum absolute atomic E-state index is 0.117. The van der Waals surface area contributed by atoms with E-state index in [2.05, 4.69) is 10.3 Å². The number of nitrogens with one attached hydrogen (secondary N) is 1. The molecule has 2 aromatic heterocycles. The molecule has 0 spiro atoms. The molecule has 2 fully saturated rings. The predicted molar refractivity (Wildman–Crippen MR) is 135 cm³/mol. The molecule has 1 saturated carbocycles. The van der Waals surface area contributed by atoms with Crippen LogP contribution in [0.2, 0.25) is 0 Å². The van der Waals surface area contributed by atoms with Gasteiger partial charge in [-0.1, -0.05) is 31.7 Å². The van der Waals surface area contributed by atoms with E-state index in [4.69, 9.17) is 10.6 Å². The summed E-state index contributed by atoms with van der Waals surface area (Å²) < 4.78 is 1.15. The van der Waals surface area contributed by atoms with Crippen LogP contribution >= 0.6 is 0 Å². The van der Waals surface area contributed by atoms with Gasteiger partial charge in [-0.15, -0.1) is 0 Å². The first-order valence-corrected chi connectivity index (χ1v) is 13.1. The summed E-state index contributed by atoms with van der Waals surface area (Å²) in [6.07, 6.45) is 11.5. The van der Waals surface area contributed by atoms with Crippen LogP contribution in [0, 0.1) is 11.8 Å². The highest BCUT2D eigenvalue weighted by molar-refractivity contribution is 5.91. The lowest BCUT2D eigenvalue weighted by molar-refractivity contribution is -0.779. The van der Waals surface area contributed by atoms with E-state index in [0.717, 1.165) is 42.0 Å². The van der Waals surface area contributed by atoms with Crippen LogP contribution in [-0.2, 0) is 30.4 Å². The van der Waals surface area contributed by atoms with Gasteiger partial charge in [0.2, 0.25) is 6.41 Å². The largest absolute Gasteiger partial charge is 0.424 e. The lowest BCUT2D eigenvalue weighted by atomic mass is 9.90. The molecule has 1 aliphatic heterocycles. The Morgan fingerprint density at radius 2 is 2.00 bits per heavy atom. The van der Waals surface area contributed by atoms with Crippen LogP contribution in [0.1, 0.15) is 50.5 Å². The van der Waals surface area contributed by atoms with E-state index in [9.17, 15) is 24.0 Å². The monoisotopic (exact) mass is 527 g/mol. The molecular weight excluding hydrogens is 492 g/mol. The number of imidazole rings is 1. The molecule has 0 bridgehead atoms. The smallest absolute Gasteiger partial charge is 0.364 e. The van der Waals surface area contributed by atoms with Crippen molar-refractivity contribution in [3.05, 3.63) is 36.3 Å². The van der Waals surface area contributed by atoms with Crippen LogP contribution in [0.25, 0.3) is 5.65 Å². The topological polar surface area (TPSA) is 153 Å². The number of nitrogens with zero attached hydrogens (tertiary/aromatic N) is 4. The van der Waals surface area contributed by atoms with Gasteiger partial charge in [-0.2, -0.15) is 9.55 Å². The molecular formula is C26H35N6O6+. The maximum atomic E-state index is 14.2. The molecule has 1 aliphatic carbocycles. The van der Waals surface area contributed by atoms with Crippen LogP contribution in [0.5, 0.6) is 0 Å². The highest BCUT2D eigenvalue weighted by Crippen LogP contribution is 2.36. The zero-order chi connectivity index (χ0) is 27.1. The Morgan fingerprint density at radius 3 is 2.71 bits per heavy atom. The number of hydroxylamine groups is 2. The summed E-state index contributed by atoms with van der Waals surface area (Å²) in [5.74, 6) is -1.76. The lowest BCUT2D eigenvalue weighted by Gasteiger charge is -2.36. The third kappa shape index (κ3) is 5.69. The SMILES string of the molecule is NC(=O)[C@@H]1CCC[N+]1(C(=O)NCCc1ccc2nccn2c1)C(=O)[C@H](CC1CCCC1)CN(C=O)OC=O. The normalized spacial score (nSPS) is 22.2. The Morgan fingerprint density at radius 1 is 1.21 bits per heavy atom. The van der Waals surface area contributed by atoms with E-state index < -0.39 is 34.3 Å². The summed E-state index contributed by atoms with van der Waals surface area (Å²) in [6, 6.07) is 2.22. The molecule has 204 valence electrons. The van der Waals surface area contributed by atoms with Crippen molar-refractivity contribution in [1.82, 2.24) is 19.8 Å². The number of amides is 5. The standard InChI is InChI=1S/C26H34N6O6/c27-24(35)22-6-3-13-32(22,26(37)29-10-9-20-7-8-23-28-11-12-30(23)15-20)25(36)21(14-19-4-1-2-5-19)16-31(17-33)38-18-34/h7-8,11-12,15,17-19,21-22H,1-6,9-10,13-14,16H2,(H2-,27,29,35,37)/p+1/t21-,22+,32?/m1/s1. The quantitative estimate of drug-likeness (QED) is 0.240. The number of rotatable bonds is 12. The molecule has 12 heteroatoms. The number of primary amides is 1. The summed E-state index contributed by atoms with van der Waals surface area (Å²) in [5.41, 5.74) is 7.49. The van der Waals surface area contributed by atoms with Gasteiger partial charge in [0.25, 0.3) is 5.91 Å². The van der Waals surface area contributed by atoms with Crippen LogP contribution in [0.15, 0.2) is 30.7 Å². The van der Waals surface area contributed by atoms with Crippen molar-refractivity contribution >= 4 is 36.4 Å². The highest BCUT2D eigenvalue weighted by Gasteiger charge is 2.59. The zero-order valence-electron chi connectivity index (χ0n) is 21.4. The number of urea groups is 1. The number of nitrogens with two attached hydrogens (primary N) is 1. The molecule has 2 aliphatic rings. The summed E-state index contributed by atoms with van der Waals surface area (Å²) in [7, 11) is 0. The van der Waals surface area contributed by atoms with Crippen molar-refractivity contribution < 1.29 is 33.3 Å². The summed E-state index contributed by atoms with van der Waals surface area (Å²) in [5, 5.41) is 3.64.